The van der Waals surface area contributed by atoms with Crippen molar-refractivity contribution < 1.29 is 9.84 Å². The van der Waals surface area contributed by atoms with Crippen LogP contribution < -0.4 is 5.56 Å². The summed E-state index contributed by atoms with van der Waals surface area (Å²) in [5.74, 6) is 0.0633. The lowest BCUT2D eigenvalue weighted by Crippen LogP contribution is -2.30. The van der Waals surface area contributed by atoms with Crippen molar-refractivity contribution in [3.63, 3.8) is 0 Å². The summed E-state index contributed by atoms with van der Waals surface area (Å²) >= 11 is 0. The van der Waals surface area contributed by atoms with E-state index in [1.165, 1.54) is 0 Å². The van der Waals surface area contributed by atoms with Crippen LogP contribution in [0.1, 0.15) is 33.0 Å². The molecule has 5 heteroatoms. The SMILES string of the molecule is CCOC(C)(CC)c1nc(O)c(-c2ccccc2)c(=O)[nH]1. The van der Waals surface area contributed by atoms with Crippen LogP contribution in [-0.4, -0.2) is 21.7 Å². The summed E-state index contributed by atoms with van der Waals surface area (Å²) in [7, 11) is 0. The van der Waals surface area contributed by atoms with Gasteiger partial charge < -0.3 is 14.8 Å². The van der Waals surface area contributed by atoms with Crippen LogP contribution in [0.15, 0.2) is 35.1 Å². The van der Waals surface area contributed by atoms with Crippen molar-refractivity contribution in [2.24, 2.45) is 0 Å². The lowest BCUT2D eigenvalue weighted by Gasteiger charge is -2.27. The standard InChI is InChI=1S/C16H20N2O3/c1-4-16(3,21-5-2)15-17-13(19)12(14(20)18-15)11-9-7-6-8-10-11/h6-10H,4-5H2,1-3H3,(H2,17,18,19,20). The molecule has 2 N–H and O–H groups in total. The summed E-state index contributed by atoms with van der Waals surface area (Å²) in [6.07, 6.45) is 0.633. The Labute approximate surface area is 123 Å². The number of aromatic nitrogens is 2. The van der Waals surface area contributed by atoms with Gasteiger partial charge in [0, 0.05) is 6.61 Å². The van der Waals surface area contributed by atoms with Crippen molar-refractivity contribution in [1.82, 2.24) is 9.97 Å². The van der Waals surface area contributed by atoms with E-state index < -0.39 is 5.60 Å². The van der Waals surface area contributed by atoms with Gasteiger partial charge in [-0.1, -0.05) is 37.3 Å². The quantitative estimate of drug-likeness (QED) is 0.887. The van der Waals surface area contributed by atoms with Crippen molar-refractivity contribution in [2.45, 2.75) is 32.8 Å². The Morgan fingerprint density at radius 2 is 1.95 bits per heavy atom. The fourth-order valence-corrected chi connectivity index (χ4v) is 2.23. The number of benzene rings is 1. The van der Waals surface area contributed by atoms with E-state index in [0.717, 1.165) is 0 Å². The first-order valence-corrected chi connectivity index (χ1v) is 7.05. The molecule has 5 nitrogen and oxygen atoms in total. The largest absolute Gasteiger partial charge is 0.493 e. The average molecular weight is 288 g/mol. The highest BCUT2D eigenvalue weighted by atomic mass is 16.5. The second kappa shape index (κ2) is 6.10. The van der Waals surface area contributed by atoms with Crippen molar-refractivity contribution in [1.29, 1.82) is 0 Å². The lowest BCUT2D eigenvalue weighted by molar-refractivity contribution is -0.0395. The maximum atomic E-state index is 12.3. The van der Waals surface area contributed by atoms with Crippen LogP contribution in [0.5, 0.6) is 5.88 Å². The molecule has 0 aliphatic rings. The van der Waals surface area contributed by atoms with Gasteiger partial charge in [0.2, 0.25) is 5.88 Å². The molecule has 1 heterocycles. The highest BCUT2D eigenvalue weighted by Gasteiger charge is 2.29. The normalized spacial score (nSPS) is 13.9. The first-order chi connectivity index (χ1) is 10.0. The fraction of sp³-hybridized carbons (Fsp3) is 0.375. The van der Waals surface area contributed by atoms with Crippen LogP contribution in [0.3, 0.4) is 0 Å². The van der Waals surface area contributed by atoms with Gasteiger partial charge >= 0.3 is 0 Å². The van der Waals surface area contributed by atoms with Crippen molar-refractivity contribution in [3.05, 3.63) is 46.5 Å². The third-order valence-corrected chi connectivity index (χ3v) is 3.60. The molecular formula is C16H20N2O3. The minimum Gasteiger partial charge on any atom is -0.493 e. The van der Waals surface area contributed by atoms with E-state index in [1.54, 1.807) is 24.3 Å². The number of aromatic hydroxyl groups is 1. The highest BCUT2D eigenvalue weighted by Crippen LogP contribution is 2.29. The maximum Gasteiger partial charge on any atom is 0.262 e. The minimum absolute atomic E-state index is 0.175. The molecule has 1 atom stereocenters. The van der Waals surface area contributed by atoms with E-state index in [0.29, 0.717) is 24.4 Å². The summed E-state index contributed by atoms with van der Waals surface area (Å²) in [6, 6.07) is 8.97. The molecule has 0 radical (unpaired) electrons. The molecule has 1 aromatic heterocycles. The van der Waals surface area contributed by atoms with Gasteiger partial charge in [0.05, 0.1) is 0 Å². The predicted molar refractivity (Wildman–Crippen MR) is 81.2 cm³/mol. The summed E-state index contributed by atoms with van der Waals surface area (Å²) in [4.78, 5) is 19.2. The highest BCUT2D eigenvalue weighted by molar-refractivity contribution is 5.66. The molecule has 2 rings (SSSR count). The maximum absolute atomic E-state index is 12.3. The van der Waals surface area contributed by atoms with Crippen LogP contribution >= 0.6 is 0 Å². The monoisotopic (exact) mass is 288 g/mol. The smallest absolute Gasteiger partial charge is 0.262 e. The Balaban J connectivity index is 2.55. The van der Waals surface area contributed by atoms with Gasteiger partial charge in [-0.3, -0.25) is 4.79 Å². The molecule has 0 saturated heterocycles. The van der Waals surface area contributed by atoms with E-state index in [9.17, 15) is 9.90 Å². The molecule has 2 aromatic rings. The van der Waals surface area contributed by atoms with E-state index >= 15 is 0 Å². The average Bonchev–Trinajstić information content (AvgIpc) is 2.47. The Bertz CT molecular complexity index is 667. The number of rotatable bonds is 5. The van der Waals surface area contributed by atoms with Gasteiger partial charge in [0.1, 0.15) is 17.0 Å². The third kappa shape index (κ3) is 2.97. The lowest BCUT2D eigenvalue weighted by atomic mass is 10.0. The van der Waals surface area contributed by atoms with Gasteiger partial charge in [-0.05, 0) is 25.8 Å². The number of hydrogen-bond donors (Lipinski definition) is 2. The third-order valence-electron chi connectivity index (χ3n) is 3.60. The van der Waals surface area contributed by atoms with Crippen molar-refractivity contribution in [3.8, 4) is 17.0 Å². The summed E-state index contributed by atoms with van der Waals surface area (Å²) in [5.41, 5.74) is -0.289. The van der Waals surface area contributed by atoms with Crippen LogP contribution in [0, 0.1) is 0 Å². The molecule has 0 saturated carbocycles. The number of H-pyrrole nitrogens is 1. The number of aromatic amines is 1. The number of hydrogen-bond acceptors (Lipinski definition) is 4. The van der Waals surface area contributed by atoms with Crippen LogP contribution in [0.4, 0.5) is 0 Å². The van der Waals surface area contributed by atoms with E-state index in [-0.39, 0.29) is 17.0 Å². The number of nitrogens with one attached hydrogen (secondary N) is 1. The molecule has 0 bridgehead atoms. The first-order valence-electron chi connectivity index (χ1n) is 7.05. The Morgan fingerprint density at radius 3 is 2.48 bits per heavy atom. The fourth-order valence-electron chi connectivity index (χ4n) is 2.23. The zero-order valence-electron chi connectivity index (χ0n) is 12.5. The van der Waals surface area contributed by atoms with Crippen LogP contribution in [0.2, 0.25) is 0 Å². The van der Waals surface area contributed by atoms with Crippen molar-refractivity contribution in [2.75, 3.05) is 6.61 Å². The Kier molecular flexibility index (Phi) is 4.43. The topological polar surface area (TPSA) is 75.2 Å². The molecule has 0 fully saturated rings. The number of ether oxygens (including phenoxy) is 1. The zero-order chi connectivity index (χ0) is 15.5. The van der Waals surface area contributed by atoms with Gasteiger partial charge in [-0.15, -0.1) is 0 Å². The summed E-state index contributed by atoms with van der Waals surface area (Å²) < 4.78 is 5.68. The molecule has 1 aromatic carbocycles. The molecule has 0 amide bonds. The van der Waals surface area contributed by atoms with Crippen LogP contribution in [0.25, 0.3) is 11.1 Å². The zero-order valence-corrected chi connectivity index (χ0v) is 12.5. The van der Waals surface area contributed by atoms with Gasteiger partial charge in [-0.2, -0.15) is 4.98 Å². The van der Waals surface area contributed by atoms with Crippen molar-refractivity contribution >= 4 is 0 Å². The number of nitrogens with zero attached hydrogens (tertiary/aromatic N) is 1. The molecular weight excluding hydrogens is 268 g/mol. The molecule has 0 spiro atoms. The predicted octanol–water partition coefficient (Wildman–Crippen LogP) is 2.80. The van der Waals surface area contributed by atoms with E-state index in [2.05, 4.69) is 9.97 Å². The Morgan fingerprint density at radius 1 is 1.29 bits per heavy atom. The van der Waals surface area contributed by atoms with E-state index in [4.69, 9.17) is 4.74 Å². The molecule has 0 aliphatic carbocycles. The summed E-state index contributed by atoms with van der Waals surface area (Å²) in [5, 5.41) is 10.2. The minimum atomic E-state index is -0.722. The second-order valence-corrected chi connectivity index (χ2v) is 5.00. The van der Waals surface area contributed by atoms with Gasteiger partial charge in [0.25, 0.3) is 5.56 Å². The van der Waals surface area contributed by atoms with E-state index in [1.807, 2.05) is 26.8 Å². The molecule has 21 heavy (non-hydrogen) atoms. The van der Waals surface area contributed by atoms with Crippen LogP contribution in [-0.2, 0) is 10.3 Å². The molecule has 1 unspecified atom stereocenters. The van der Waals surface area contributed by atoms with Gasteiger partial charge in [0.15, 0.2) is 0 Å². The summed E-state index contributed by atoms with van der Waals surface area (Å²) in [6.45, 7) is 6.16. The molecule has 112 valence electrons. The second-order valence-electron chi connectivity index (χ2n) is 5.00. The molecule has 0 aliphatic heterocycles. The van der Waals surface area contributed by atoms with Gasteiger partial charge in [-0.25, -0.2) is 0 Å². The Hall–Kier alpha value is -2.14. The first kappa shape index (κ1) is 15.3.